The summed E-state index contributed by atoms with van der Waals surface area (Å²) in [5, 5.41) is 5.10. The molecule has 9 heteroatoms. The van der Waals surface area contributed by atoms with Crippen molar-refractivity contribution in [1.29, 1.82) is 0 Å². The minimum absolute atomic E-state index is 0.187. The summed E-state index contributed by atoms with van der Waals surface area (Å²) in [4.78, 5) is 36.7. The molecule has 0 radical (unpaired) electrons. The second-order valence-electron chi connectivity index (χ2n) is 8.24. The fourth-order valence-corrected chi connectivity index (χ4v) is 4.00. The number of urea groups is 1. The van der Waals surface area contributed by atoms with Crippen LogP contribution in [0, 0.1) is 11.6 Å². The maximum Gasteiger partial charge on any atom is 0.323 e. The summed E-state index contributed by atoms with van der Waals surface area (Å²) in [7, 11) is 0. The Hall–Kier alpha value is -4.40. The molecule has 0 spiro atoms. The van der Waals surface area contributed by atoms with E-state index in [1.165, 1.54) is 36.4 Å². The Morgan fingerprint density at radius 1 is 0.829 bits per heavy atom. The van der Waals surface area contributed by atoms with E-state index in [2.05, 4.69) is 25.5 Å². The first-order valence-electron chi connectivity index (χ1n) is 11.2. The van der Waals surface area contributed by atoms with Crippen molar-refractivity contribution in [3.63, 3.8) is 0 Å². The summed E-state index contributed by atoms with van der Waals surface area (Å²) in [6.45, 7) is 1.83. The van der Waals surface area contributed by atoms with Crippen LogP contribution in [-0.4, -0.2) is 34.9 Å². The Morgan fingerprint density at radius 2 is 1.54 bits per heavy atom. The Balaban J connectivity index is 1.37. The maximum absolute atomic E-state index is 14.6. The van der Waals surface area contributed by atoms with Gasteiger partial charge in [-0.05, 0) is 73.5 Å². The predicted octanol–water partition coefficient (Wildman–Crippen LogP) is 5.38. The second-order valence-corrected chi connectivity index (χ2v) is 8.24. The van der Waals surface area contributed by atoms with Crippen molar-refractivity contribution in [2.24, 2.45) is 0 Å². The van der Waals surface area contributed by atoms with Crippen molar-refractivity contribution in [2.75, 3.05) is 28.6 Å². The summed E-state index contributed by atoms with van der Waals surface area (Å²) < 4.78 is 27.6. The van der Waals surface area contributed by atoms with E-state index >= 15 is 0 Å². The van der Waals surface area contributed by atoms with E-state index < -0.39 is 23.4 Å². The zero-order valence-corrected chi connectivity index (χ0v) is 18.6. The average molecular weight is 473 g/mol. The fraction of sp³-hybridized carbons (Fsp3) is 0.154. The van der Waals surface area contributed by atoms with Gasteiger partial charge in [-0.25, -0.2) is 18.6 Å². The van der Waals surface area contributed by atoms with E-state index in [4.69, 9.17) is 0 Å². The maximum atomic E-state index is 14.6. The molecule has 2 amide bonds. The third-order valence-electron chi connectivity index (χ3n) is 5.79. The highest BCUT2D eigenvalue weighted by molar-refractivity contribution is 6.11. The lowest BCUT2D eigenvalue weighted by Gasteiger charge is -2.16. The molecule has 0 saturated carbocycles. The van der Waals surface area contributed by atoms with Gasteiger partial charge in [0.05, 0.1) is 22.8 Å². The van der Waals surface area contributed by atoms with E-state index in [1.54, 1.807) is 24.4 Å². The van der Waals surface area contributed by atoms with Crippen LogP contribution in [0.5, 0.6) is 0 Å². The van der Waals surface area contributed by atoms with Gasteiger partial charge in [0, 0.05) is 30.0 Å². The molecule has 1 saturated heterocycles. The van der Waals surface area contributed by atoms with Gasteiger partial charge < -0.3 is 15.5 Å². The van der Waals surface area contributed by atoms with E-state index in [0.717, 1.165) is 37.8 Å². The fourth-order valence-electron chi connectivity index (χ4n) is 4.00. The SMILES string of the molecule is O=C(Nc1ccc(F)cc1)Nc1ccc(F)c(C(=O)c2ccc3ncc(N4CCCC4)nc3c2)c1. The molecule has 0 atom stereocenters. The number of anilines is 3. The van der Waals surface area contributed by atoms with Crippen LogP contribution in [0.1, 0.15) is 28.8 Å². The van der Waals surface area contributed by atoms with Crippen molar-refractivity contribution in [3.05, 3.63) is 89.6 Å². The second kappa shape index (κ2) is 9.46. The summed E-state index contributed by atoms with van der Waals surface area (Å²) in [6, 6.07) is 13.2. The quantitative estimate of drug-likeness (QED) is 0.380. The van der Waals surface area contributed by atoms with Crippen LogP contribution in [0.25, 0.3) is 11.0 Å². The number of aromatic nitrogens is 2. The predicted molar refractivity (Wildman–Crippen MR) is 130 cm³/mol. The Kier molecular flexibility index (Phi) is 6.05. The van der Waals surface area contributed by atoms with Crippen LogP contribution in [0.3, 0.4) is 0 Å². The van der Waals surface area contributed by atoms with Crippen LogP contribution >= 0.6 is 0 Å². The normalized spacial score (nSPS) is 13.1. The van der Waals surface area contributed by atoms with Gasteiger partial charge in [-0.3, -0.25) is 9.78 Å². The van der Waals surface area contributed by atoms with Crippen LogP contribution in [0.15, 0.2) is 66.9 Å². The third kappa shape index (κ3) is 4.93. The molecule has 3 aromatic carbocycles. The number of nitrogens with zero attached hydrogens (tertiary/aromatic N) is 3. The molecule has 35 heavy (non-hydrogen) atoms. The van der Waals surface area contributed by atoms with Crippen molar-refractivity contribution >= 4 is 40.0 Å². The Bertz CT molecular complexity index is 1420. The molecular formula is C26H21F2N5O2. The molecule has 0 bridgehead atoms. The average Bonchev–Trinajstić information content (AvgIpc) is 3.41. The van der Waals surface area contributed by atoms with Crippen molar-refractivity contribution in [2.45, 2.75) is 12.8 Å². The lowest BCUT2D eigenvalue weighted by atomic mass is 10.0. The molecule has 2 heterocycles. The number of amides is 2. The number of carbonyl (C=O) groups excluding carboxylic acids is 2. The summed E-state index contributed by atoms with van der Waals surface area (Å²) >= 11 is 0. The molecular weight excluding hydrogens is 452 g/mol. The first-order valence-corrected chi connectivity index (χ1v) is 11.2. The van der Waals surface area contributed by atoms with Gasteiger partial charge in [-0.1, -0.05) is 0 Å². The van der Waals surface area contributed by atoms with Crippen molar-refractivity contribution in [1.82, 2.24) is 9.97 Å². The van der Waals surface area contributed by atoms with Crippen molar-refractivity contribution < 1.29 is 18.4 Å². The first kappa shape index (κ1) is 22.4. The van der Waals surface area contributed by atoms with Gasteiger partial charge in [0.15, 0.2) is 5.78 Å². The van der Waals surface area contributed by atoms with E-state index in [9.17, 15) is 18.4 Å². The zero-order chi connectivity index (χ0) is 24.4. The number of hydrogen-bond donors (Lipinski definition) is 2. The molecule has 1 aromatic heterocycles. The van der Waals surface area contributed by atoms with Gasteiger partial charge >= 0.3 is 6.03 Å². The molecule has 0 unspecified atom stereocenters. The van der Waals surface area contributed by atoms with Gasteiger partial charge in [-0.2, -0.15) is 0 Å². The zero-order valence-electron chi connectivity index (χ0n) is 18.6. The summed E-state index contributed by atoms with van der Waals surface area (Å²) in [5.41, 5.74) is 1.87. The minimum atomic E-state index is -0.712. The minimum Gasteiger partial charge on any atom is -0.355 e. The number of halogens is 2. The number of ketones is 1. The third-order valence-corrected chi connectivity index (χ3v) is 5.79. The number of fused-ring (bicyclic) bond motifs is 1. The first-order chi connectivity index (χ1) is 17.0. The summed E-state index contributed by atoms with van der Waals surface area (Å²) in [5.74, 6) is -0.925. The van der Waals surface area contributed by atoms with E-state index in [-0.39, 0.29) is 16.8 Å². The molecule has 5 rings (SSSR count). The molecule has 1 aliphatic heterocycles. The number of rotatable bonds is 5. The van der Waals surface area contributed by atoms with Gasteiger partial charge in [0.2, 0.25) is 0 Å². The van der Waals surface area contributed by atoms with Gasteiger partial charge in [0.1, 0.15) is 17.5 Å². The van der Waals surface area contributed by atoms with Crippen LogP contribution in [0.4, 0.5) is 30.8 Å². The summed E-state index contributed by atoms with van der Waals surface area (Å²) in [6.07, 6.45) is 3.93. The molecule has 2 N–H and O–H groups in total. The van der Waals surface area contributed by atoms with Crippen LogP contribution in [0.2, 0.25) is 0 Å². The Labute approximate surface area is 199 Å². The van der Waals surface area contributed by atoms with E-state index in [0.29, 0.717) is 16.7 Å². The molecule has 7 nitrogen and oxygen atoms in total. The van der Waals surface area contributed by atoms with E-state index in [1.807, 2.05) is 0 Å². The number of nitrogens with one attached hydrogen (secondary N) is 2. The highest BCUT2D eigenvalue weighted by Crippen LogP contribution is 2.23. The molecule has 1 aliphatic rings. The molecule has 1 fully saturated rings. The molecule has 176 valence electrons. The monoisotopic (exact) mass is 473 g/mol. The van der Waals surface area contributed by atoms with Gasteiger partial charge in [-0.15, -0.1) is 0 Å². The molecule has 4 aromatic rings. The smallest absolute Gasteiger partial charge is 0.323 e. The topological polar surface area (TPSA) is 87.2 Å². The number of hydrogen-bond acceptors (Lipinski definition) is 5. The van der Waals surface area contributed by atoms with Crippen molar-refractivity contribution in [3.8, 4) is 0 Å². The largest absolute Gasteiger partial charge is 0.355 e. The Morgan fingerprint density at radius 3 is 2.31 bits per heavy atom. The van der Waals surface area contributed by atoms with Gasteiger partial charge in [0.25, 0.3) is 0 Å². The lowest BCUT2D eigenvalue weighted by Crippen LogP contribution is -2.20. The standard InChI is InChI=1S/C26H21F2N5O2/c27-17-4-6-18(7-5-17)30-26(35)31-19-8-9-21(28)20(14-19)25(34)16-3-10-22-23(13-16)32-24(15-29-22)33-11-1-2-12-33/h3-10,13-15H,1-2,11-12H2,(H2,30,31,35). The van der Waals surface area contributed by atoms with Crippen LogP contribution < -0.4 is 15.5 Å². The lowest BCUT2D eigenvalue weighted by molar-refractivity contribution is 0.103. The number of carbonyl (C=O) groups is 2. The highest BCUT2D eigenvalue weighted by atomic mass is 19.1. The highest BCUT2D eigenvalue weighted by Gasteiger charge is 2.18. The van der Waals surface area contributed by atoms with Crippen LogP contribution in [-0.2, 0) is 0 Å². The molecule has 0 aliphatic carbocycles. The number of benzene rings is 3.